The second kappa shape index (κ2) is 16.4. The van der Waals surface area contributed by atoms with Crippen LogP contribution in [0, 0.1) is 19.7 Å². The second-order valence-corrected chi connectivity index (χ2v) is 11.4. The van der Waals surface area contributed by atoms with E-state index in [2.05, 4.69) is 15.5 Å². The second-order valence-electron chi connectivity index (χ2n) is 10.2. The molecule has 0 aliphatic rings. The number of alkyl halides is 6. The number of nitrogens with one attached hydrogen (secondary N) is 2. The molecule has 4 N–H and O–H groups in total. The number of thioether (sulfide) groups is 1. The van der Waals surface area contributed by atoms with Gasteiger partial charge in [-0.3, -0.25) is 9.89 Å². The Kier molecular flexibility index (Phi) is 12.9. The van der Waals surface area contributed by atoms with Crippen molar-refractivity contribution in [1.82, 2.24) is 29.8 Å². The fourth-order valence-electron chi connectivity index (χ4n) is 4.14. The largest absolute Gasteiger partial charge is 0.490 e. The molecule has 2 aromatic carbocycles. The highest BCUT2D eigenvalue weighted by molar-refractivity contribution is 8.00. The number of H-pyrrole nitrogens is 1. The van der Waals surface area contributed by atoms with E-state index >= 15 is 0 Å². The number of amides is 1. The first-order valence-corrected chi connectivity index (χ1v) is 15.2. The number of anilines is 1. The number of carbonyl (C=O) groups is 3. The molecule has 5 aromatic rings. The average molecular weight is 732 g/mol. The molecule has 0 aliphatic heterocycles. The summed E-state index contributed by atoms with van der Waals surface area (Å²) < 4.78 is 78.5. The van der Waals surface area contributed by atoms with Gasteiger partial charge in [-0.2, -0.15) is 36.0 Å². The van der Waals surface area contributed by atoms with Crippen molar-refractivity contribution in [3.63, 3.8) is 0 Å². The number of fused-ring (bicyclic) bond motifs is 3. The Bertz CT molecular complexity index is 1920. The normalized spacial score (nSPS) is 12.0. The average Bonchev–Trinajstić information content (AvgIpc) is 3.62. The smallest absolute Gasteiger partial charge is 0.475 e. The van der Waals surface area contributed by atoms with E-state index in [0.29, 0.717) is 35.2 Å². The van der Waals surface area contributed by atoms with Gasteiger partial charge in [0.1, 0.15) is 5.82 Å². The molecule has 0 bridgehead atoms. The molecule has 0 fully saturated rings. The molecular weight excluding hydrogens is 703 g/mol. The third-order valence-electron chi connectivity index (χ3n) is 6.58. The first-order chi connectivity index (χ1) is 23.3. The quantitative estimate of drug-likeness (QED) is 0.0803. The van der Waals surface area contributed by atoms with Gasteiger partial charge < -0.3 is 15.5 Å². The first-order valence-electron chi connectivity index (χ1n) is 14.3. The van der Waals surface area contributed by atoms with Crippen LogP contribution in [0.4, 0.5) is 36.4 Å². The van der Waals surface area contributed by atoms with Crippen LogP contribution < -0.4 is 5.32 Å². The van der Waals surface area contributed by atoms with E-state index in [4.69, 9.17) is 34.9 Å². The number of aromatic nitrogens is 6. The van der Waals surface area contributed by atoms with Crippen LogP contribution in [-0.2, 0) is 27.2 Å². The van der Waals surface area contributed by atoms with Gasteiger partial charge in [-0.05, 0) is 68.7 Å². The maximum atomic E-state index is 13.2. The number of para-hydroxylation sites is 1. The molecule has 0 aliphatic carbocycles. The highest BCUT2D eigenvalue weighted by Gasteiger charge is 2.39. The molecule has 3 heterocycles. The molecule has 20 heteroatoms. The molecule has 0 saturated carbocycles. The Labute approximate surface area is 282 Å². The van der Waals surface area contributed by atoms with Crippen molar-refractivity contribution in [2.45, 2.75) is 62.8 Å². The topological polar surface area (TPSA) is 175 Å². The summed E-state index contributed by atoms with van der Waals surface area (Å²) in [5, 5.41) is 30.3. The fraction of sp³-hybridized carbons (Fsp3) is 0.300. The zero-order valence-corrected chi connectivity index (χ0v) is 27.0. The highest BCUT2D eigenvalue weighted by Crippen LogP contribution is 2.29. The maximum absolute atomic E-state index is 13.2. The maximum Gasteiger partial charge on any atom is 0.490 e. The van der Waals surface area contributed by atoms with Crippen molar-refractivity contribution < 1.29 is 55.3 Å². The molecule has 3 aromatic heterocycles. The van der Waals surface area contributed by atoms with Crippen molar-refractivity contribution in [1.29, 1.82) is 0 Å². The number of hydrogen-bond acceptors (Lipinski definition) is 8. The first kappa shape index (κ1) is 39.2. The number of hydrogen-bond donors (Lipinski definition) is 4. The summed E-state index contributed by atoms with van der Waals surface area (Å²) in [5.74, 6) is -5.33. The van der Waals surface area contributed by atoms with Gasteiger partial charge in [0.15, 0.2) is 16.6 Å². The minimum atomic E-state index is -5.08. The number of carboxylic acid groups (broad SMARTS) is 2. The number of aliphatic carboxylic acids is 2. The van der Waals surface area contributed by atoms with Crippen LogP contribution in [-0.4, -0.2) is 75.4 Å². The fourth-order valence-corrected chi connectivity index (χ4v) is 5.11. The van der Waals surface area contributed by atoms with Crippen molar-refractivity contribution in [2.24, 2.45) is 0 Å². The van der Waals surface area contributed by atoms with E-state index in [1.165, 1.54) is 29.5 Å². The van der Waals surface area contributed by atoms with Crippen LogP contribution in [0.1, 0.15) is 36.1 Å². The number of benzene rings is 2. The predicted octanol–water partition coefficient (Wildman–Crippen LogP) is 6.32. The van der Waals surface area contributed by atoms with Gasteiger partial charge >= 0.3 is 24.3 Å². The summed E-state index contributed by atoms with van der Waals surface area (Å²) in [6.07, 6.45) is -8.16. The molecule has 50 heavy (non-hydrogen) atoms. The molecule has 0 radical (unpaired) electrons. The van der Waals surface area contributed by atoms with Crippen molar-refractivity contribution in [3.05, 3.63) is 77.1 Å². The molecule has 1 atom stereocenters. The van der Waals surface area contributed by atoms with Gasteiger partial charge in [0, 0.05) is 23.2 Å². The standard InChI is InChI=1S/C26H26FN7OS.2C2HF3O2/c1-4-22(25(35)28-18-11-9-17(27)10-12-18)36-26-29-21-8-6-5-7-20(21)24-30-23(33-34(24)26)14-13-19-15(2)31-32-16(19)3;2*3-2(4,5)1(6)7/h5-12,22H,4,13-14H2,1-3H3,(H,28,35)(H,31,32);2*(H,6,7). The minimum absolute atomic E-state index is 0.177. The van der Waals surface area contributed by atoms with Gasteiger partial charge in [0.2, 0.25) is 5.91 Å². The molecular formula is C30H28F7N7O5S. The van der Waals surface area contributed by atoms with Crippen molar-refractivity contribution in [2.75, 3.05) is 5.32 Å². The number of carbonyl (C=O) groups excluding carboxylic acids is 1. The molecule has 0 saturated heterocycles. The summed E-state index contributed by atoms with van der Waals surface area (Å²) in [4.78, 5) is 40.5. The minimum Gasteiger partial charge on any atom is -0.475 e. The molecule has 268 valence electrons. The summed E-state index contributed by atoms with van der Waals surface area (Å²) in [7, 11) is 0. The Balaban J connectivity index is 0.000000408. The van der Waals surface area contributed by atoms with Gasteiger partial charge in [0.25, 0.3) is 0 Å². The van der Waals surface area contributed by atoms with Crippen LogP contribution in [0.3, 0.4) is 0 Å². The van der Waals surface area contributed by atoms with Gasteiger partial charge in [-0.15, -0.1) is 5.10 Å². The van der Waals surface area contributed by atoms with Crippen LogP contribution in [0.25, 0.3) is 16.6 Å². The Morgan fingerprint density at radius 1 is 0.920 bits per heavy atom. The van der Waals surface area contributed by atoms with E-state index in [0.717, 1.165) is 28.7 Å². The van der Waals surface area contributed by atoms with Gasteiger partial charge in [-0.25, -0.2) is 23.9 Å². The number of aryl methyl sites for hydroxylation is 3. The SMILES string of the molecule is CCC(Sc1nc2ccccc2c2nc(CCc3c(C)n[nH]c3C)nn12)C(=O)Nc1ccc(F)cc1.O=C(O)C(F)(F)F.O=C(O)C(F)(F)F. The molecule has 5 rings (SSSR count). The Morgan fingerprint density at radius 3 is 2.02 bits per heavy atom. The molecule has 1 amide bonds. The highest BCUT2D eigenvalue weighted by atomic mass is 32.2. The van der Waals surface area contributed by atoms with Gasteiger partial charge in [0.05, 0.1) is 16.5 Å². The summed E-state index contributed by atoms with van der Waals surface area (Å²) in [6.45, 7) is 5.95. The lowest BCUT2D eigenvalue weighted by Crippen LogP contribution is -2.25. The lowest BCUT2D eigenvalue weighted by Gasteiger charge is -2.15. The van der Waals surface area contributed by atoms with E-state index in [1.54, 1.807) is 16.6 Å². The number of halogens is 7. The lowest BCUT2D eigenvalue weighted by molar-refractivity contribution is -0.193. The number of carboxylic acids is 2. The Morgan fingerprint density at radius 2 is 1.50 bits per heavy atom. The molecule has 0 spiro atoms. The molecule has 1 unspecified atom stereocenters. The van der Waals surface area contributed by atoms with Crippen molar-refractivity contribution in [3.8, 4) is 0 Å². The van der Waals surface area contributed by atoms with Crippen LogP contribution in [0.15, 0.2) is 53.7 Å². The molecule has 12 nitrogen and oxygen atoms in total. The monoisotopic (exact) mass is 731 g/mol. The van der Waals surface area contributed by atoms with E-state index in [-0.39, 0.29) is 11.7 Å². The van der Waals surface area contributed by atoms with Crippen molar-refractivity contribution >= 4 is 51.8 Å². The Hall–Kier alpha value is -5.27. The van der Waals surface area contributed by atoms with E-state index in [9.17, 15) is 35.5 Å². The summed E-state index contributed by atoms with van der Waals surface area (Å²) >= 11 is 1.35. The zero-order chi connectivity index (χ0) is 37.4. The van der Waals surface area contributed by atoms with Crippen LogP contribution >= 0.6 is 11.8 Å². The van der Waals surface area contributed by atoms with Crippen LogP contribution in [0.2, 0.25) is 0 Å². The number of rotatable bonds is 8. The van der Waals surface area contributed by atoms with E-state index in [1.807, 2.05) is 45.0 Å². The third kappa shape index (κ3) is 10.6. The summed E-state index contributed by atoms with van der Waals surface area (Å²) in [5.41, 5.74) is 5.27. The van der Waals surface area contributed by atoms with E-state index < -0.39 is 29.5 Å². The van der Waals surface area contributed by atoms with Crippen LogP contribution in [0.5, 0.6) is 0 Å². The summed E-state index contributed by atoms with van der Waals surface area (Å²) in [6, 6.07) is 13.5. The number of nitrogens with zero attached hydrogens (tertiary/aromatic N) is 5. The zero-order valence-electron chi connectivity index (χ0n) is 26.2. The third-order valence-corrected chi connectivity index (χ3v) is 7.89. The van der Waals surface area contributed by atoms with Gasteiger partial charge in [-0.1, -0.05) is 30.8 Å². The predicted molar refractivity (Wildman–Crippen MR) is 166 cm³/mol. The lowest BCUT2D eigenvalue weighted by atomic mass is 10.1. The number of aromatic amines is 1.